The van der Waals surface area contributed by atoms with Crippen LogP contribution in [0.3, 0.4) is 0 Å². The number of nitrogens with one attached hydrogen (secondary N) is 1. The van der Waals surface area contributed by atoms with Crippen molar-refractivity contribution in [1.82, 2.24) is 10.4 Å². The Morgan fingerprint density at radius 1 is 0.971 bits per heavy atom. The summed E-state index contributed by atoms with van der Waals surface area (Å²) in [6.07, 6.45) is 11.5. The Morgan fingerprint density at radius 3 is 2.41 bits per heavy atom. The lowest BCUT2D eigenvalue weighted by molar-refractivity contribution is 0.0734. The Balaban J connectivity index is 1.51. The van der Waals surface area contributed by atoms with Gasteiger partial charge in [-0.1, -0.05) is 44.7 Å². The molecule has 0 saturated carbocycles. The van der Waals surface area contributed by atoms with E-state index >= 15 is 0 Å². The monoisotopic (exact) mass is 459 g/mol. The Bertz CT molecular complexity index is 1110. The minimum absolute atomic E-state index is 0.134. The summed E-state index contributed by atoms with van der Waals surface area (Å²) in [5, 5.41) is 14.1. The van der Waals surface area contributed by atoms with E-state index in [0.717, 1.165) is 12.8 Å². The van der Waals surface area contributed by atoms with Gasteiger partial charge in [0.25, 0.3) is 5.91 Å². The number of aryl methyl sites for hydroxylation is 1. The van der Waals surface area contributed by atoms with Gasteiger partial charge in [0.15, 0.2) is 0 Å². The largest absolute Gasteiger partial charge is 0.507 e. The van der Waals surface area contributed by atoms with Crippen LogP contribution in [-0.2, 0) is 6.42 Å². The fraction of sp³-hybridized carbons (Fsp3) is 0.259. The second-order valence-electron chi connectivity index (χ2n) is 7.91. The molecule has 0 atom stereocenters. The van der Waals surface area contributed by atoms with Crippen molar-refractivity contribution in [3.05, 3.63) is 89.2 Å². The molecule has 2 N–H and O–H groups in total. The number of hydrogen-bond donors (Lipinski definition) is 2. The number of phenols is 1. The van der Waals surface area contributed by atoms with Crippen LogP contribution in [0.25, 0.3) is 0 Å². The summed E-state index contributed by atoms with van der Waals surface area (Å²) >= 11 is 0. The summed E-state index contributed by atoms with van der Waals surface area (Å²) in [5.74, 6) is -0.822. The van der Waals surface area contributed by atoms with Crippen LogP contribution in [0.5, 0.6) is 11.5 Å². The Kier molecular flexibility index (Phi) is 9.34. The fourth-order valence-corrected chi connectivity index (χ4v) is 3.33. The van der Waals surface area contributed by atoms with Crippen LogP contribution in [-0.4, -0.2) is 28.2 Å². The lowest BCUT2D eigenvalue weighted by atomic mass is 10.0. The zero-order chi connectivity index (χ0) is 24.2. The van der Waals surface area contributed by atoms with Crippen LogP contribution < -0.4 is 10.2 Å². The number of pyridine rings is 1. The fourth-order valence-electron chi connectivity index (χ4n) is 3.33. The van der Waals surface area contributed by atoms with Gasteiger partial charge in [-0.2, -0.15) is 5.10 Å². The summed E-state index contributed by atoms with van der Waals surface area (Å²) in [5.41, 5.74) is 4.79. The van der Waals surface area contributed by atoms with E-state index in [1.54, 1.807) is 36.4 Å². The van der Waals surface area contributed by atoms with Crippen molar-refractivity contribution < 1.29 is 19.4 Å². The minimum Gasteiger partial charge on any atom is -0.507 e. The van der Waals surface area contributed by atoms with E-state index in [-0.39, 0.29) is 11.5 Å². The number of amides is 1. The molecule has 0 aliphatic carbocycles. The summed E-state index contributed by atoms with van der Waals surface area (Å²) < 4.78 is 5.38. The number of esters is 1. The number of rotatable bonds is 11. The lowest BCUT2D eigenvalue weighted by Crippen LogP contribution is -2.17. The molecule has 3 aromatic rings. The first-order valence-electron chi connectivity index (χ1n) is 11.4. The number of benzene rings is 2. The quantitative estimate of drug-likeness (QED) is 0.134. The van der Waals surface area contributed by atoms with Crippen molar-refractivity contribution in [3.8, 4) is 11.5 Å². The van der Waals surface area contributed by atoms with Gasteiger partial charge in [-0.3, -0.25) is 9.78 Å². The summed E-state index contributed by atoms with van der Waals surface area (Å²) in [7, 11) is 0. The second-order valence-corrected chi connectivity index (χ2v) is 7.91. The molecule has 0 spiro atoms. The van der Waals surface area contributed by atoms with E-state index in [1.165, 1.54) is 55.9 Å². The number of aromatic nitrogens is 1. The highest BCUT2D eigenvalue weighted by Crippen LogP contribution is 2.23. The number of carbonyl (C=O) groups is 2. The van der Waals surface area contributed by atoms with Crippen LogP contribution in [0.2, 0.25) is 0 Å². The molecule has 0 saturated heterocycles. The number of hydrazone groups is 1. The van der Waals surface area contributed by atoms with E-state index < -0.39 is 11.9 Å². The Morgan fingerprint density at radius 2 is 1.71 bits per heavy atom. The highest BCUT2D eigenvalue weighted by atomic mass is 16.5. The maximum Gasteiger partial charge on any atom is 0.343 e. The molecule has 7 nitrogen and oxygen atoms in total. The molecule has 0 bridgehead atoms. The second kappa shape index (κ2) is 12.9. The molecule has 1 amide bonds. The Labute approximate surface area is 199 Å². The first kappa shape index (κ1) is 24.6. The zero-order valence-electron chi connectivity index (χ0n) is 19.2. The number of ether oxygens (including phenoxy) is 1. The molecule has 0 aliphatic rings. The molecule has 34 heavy (non-hydrogen) atoms. The molecular weight excluding hydrogens is 430 g/mol. The molecule has 0 fully saturated rings. The van der Waals surface area contributed by atoms with Gasteiger partial charge < -0.3 is 9.84 Å². The van der Waals surface area contributed by atoms with E-state index in [9.17, 15) is 14.7 Å². The van der Waals surface area contributed by atoms with Crippen LogP contribution in [0.4, 0.5) is 0 Å². The van der Waals surface area contributed by atoms with Crippen LogP contribution >= 0.6 is 0 Å². The zero-order valence-corrected chi connectivity index (χ0v) is 19.2. The third kappa shape index (κ3) is 7.55. The highest BCUT2D eigenvalue weighted by Gasteiger charge is 2.10. The first-order chi connectivity index (χ1) is 16.6. The topological polar surface area (TPSA) is 101 Å². The van der Waals surface area contributed by atoms with Gasteiger partial charge in [-0.05, 0) is 54.8 Å². The van der Waals surface area contributed by atoms with Crippen LogP contribution in [0.15, 0.2) is 72.1 Å². The number of hydrogen-bond acceptors (Lipinski definition) is 6. The third-order valence-corrected chi connectivity index (χ3v) is 5.28. The van der Waals surface area contributed by atoms with E-state index in [4.69, 9.17) is 4.74 Å². The van der Waals surface area contributed by atoms with Gasteiger partial charge in [0, 0.05) is 29.6 Å². The molecule has 0 unspecified atom stereocenters. The molecule has 0 radical (unpaired) electrons. The average Bonchev–Trinajstić information content (AvgIpc) is 2.86. The number of carbonyl (C=O) groups excluding carboxylic acids is 2. The van der Waals surface area contributed by atoms with Gasteiger partial charge in [0.05, 0.1) is 11.8 Å². The average molecular weight is 460 g/mol. The number of unbranched alkanes of at least 4 members (excludes halogenated alkanes) is 4. The van der Waals surface area contributed by atoms with Crippen LogP contribution in [0, 0.1) is 0 Å². The van der Waals surface area contributed by atoms with Crippen molar-refractivity contribution >= 4 is 18.1 Å². The third-order valence-electron chi connectivity index (χ3n) is 5.28. The maximum atomic E-state index is 12.5. The smallest absolute Gasteiger partial charge is 0.343 e. The molecule has 1 aromatic heterocycles. The van der Waals surface area contributed by atoms with E-state index in [0.29, 0.717) is 16.7 Å². The van der Waals surface area contributed by atoms with Crippen molar-refractivity contribution in [2.75, 3.05) is 0 Å². The van der Waals surface area contributed by atoms with Crippen molar-refractivity contribution in [1.29, 1.82) is 0 Å². The first-order valence-corrected chi connectivity index (χ1v) is 11.4. The molecular formula is C27H29N3O4. The summed E-state index contributed by atoms with van der Waals surface area (Å²) in [4.78, 5) is 28.3. The Hall–Kier alpha value is -4.00. The van der Waals surface area contributed by atoms with Gasteiger partial charge in [0.1, 0.15) is 11.5 Å². The summed E-state index contributed by atoms with van der Waals surface area (Å²) in [6.45, 7) is 2.20. The van der Waals surface area contributed by atoms with Gasteiger partial charge in [-0.15, -0.1) is 0 Å². The molecule has 176 valence electrons. The minimum atomic E-state index is -0.500. The molecule has 2 aromatic carbocycles. The number of aromatic hydroxyl groups is 1. The molecule has 7 heteroatoms. The molecule has 0 aliphatic heterocycles. The van der Waals surface area contributed by atoms with Crippen molar-refractivity contribution in [2.24, 2.45) is 5.10 Å². The molecule has 1 heterocycles. The van der Waals surface area contributed by atoms with E-state index in [2.05, 4.69) is 22.4 Å². The molecule has 3 rings (SSSR count). The predicted octanol–water partition coefficient (Wildman–Crippen LogP) is 5.28. The van der Waals surface area contributed by atoms with Crippen molar-refractivity contribution in [3.63, 3.8) is 0 Å². The summed E-state index contributed by atoms with van der Waals surface area (Å²) in [6, 6.07) is 15.0. The number of phenolic OH excluding ortho intramolecular Hbond substituents is 1. The predicted molar refractivity (Wildman–Crippen MR) is 131 cm³/mol. The number of nitrogens with zero attached hydrogens (tertiary/aromatic N) is 2. The van der Waals surface area contributed by atoms with Gasteiger partial charge >= 0.3 is 5.97 Å². The van der Waals surface area contributed by atoms with Crippen LogP contribution in [0.1, 0.15) is 70.9 Å². The van der Waals surface area contributed by atoms with Crippen molar-refractivity contribution in [2.45, 2.75) is 45.4 Å². The standard InChI is InChI=1S/C27H29N3O4/c1-2-3-4-5-6-7-20-8-10-22(11-9-20)27(33)34-24-13-12-23(25(31)18-24)19-29-30-26(32)21-14-16-28-17-15-21/h8-19,31H,2-7H2,1H3,(H,30,32)/b29-19+. The normalized spacial score (nSPS) is 10.9. The maximum absolute atomic E-state index is 12.5. The lowest BCUT2D eigenvalue weighted by Gasteiger charge is -2.07. The highest BCUT2D eigenvalue weighted by molar-refractivity contribution is 5.95. The van der Waals surface area contributed by atoms with E-state index in [1.807, 2.05) is 12.1 Å². The SMILES string of the molecule is CCCCCCCc1ccc(C(=O)Oc2ccc(/C=N/NC(=O)c3ccncc3)c(O)c2)cc1. The van der Waals surface area contributed by atoms with Gasteiger partial charge in [-0.25, -0.2) is 10.2 Å². The van der Waals surface area contributed by atoms with Gasteiger partial charge in [0.2, 0.25) is 0 Å².